The van der Waals surface area contributed by atoms with Crippen molar-refractivity contribution in [2.45, 2.75) is 6.61 Å². The van der Waals surface area contributed by atoms with Crippen molar-refractivity contribution >= 4 is 52.1 Å². The molecule has 134 valence electrons. The molecule has 1 amide bonds. The van der Waals surface area contributed by atoms with Crippen LogP contribution in [0, 0.1) is 5.41 Å². The summed E-state index contributed by atoms with van der Waals surface area (Å²) >= 11 is 13.2. The van der Waals surface area contributed by atoms with Gasteiger partial charge in [0, 0.05) is 21.2 Å². The second kappa shape index (κ2) is 8.03. The lowest BCUT2D eigenvalue weighted by molar-refractivity contribution is -0.115. The largest absolute Gasteiger partial charge is 0.493 e. The summed E-state index contributed by atoms with van der Waals surface area (Å²) in [6.07, 6.45) is 1.67. The van der Waals surface area contributed by atoms with Crippen LogP contribution in [0.15, 0.2) is 41.3 Å². The quantitative estimate of drug-likeness (QED) is 0.701. The van der Waals surface area contributed by atoms with Crippen molar-refractivity contribution in [3.05, 3.63) is 62.5 Å². The van der Waals surface area contributed by atoms with Crippen molar-refractivity contribution < 1.29 is 14.3 Å². The van der Waals surface area contributed by atoms with Crippen molar-refractivity contribution in [3.8, 4) is 11.5 Å². The van der Waals surface area contributed by atoms with Crippen LogP contribution in [-0.2, 0) is 11.4 Å². The molecule has 8 heteroatoms. The molecule has 2 aromatic carbocycles. The van der Waals surface area contributed by atoms with E-state index in [9.17, 15) is 4.79 Å². The molecule has 0 unspecified atom stereocenters. The molecule has 0 saturated carbocycles. The number of amides is 1. The van der Waals surface area contributed by atoms with Gasteiger partial charge in [0.05, 0.1) is 12.0 Å². The maximum Gasteiger partial charge on any atom is 0.264 e. The summed E-state index contributed by atoms with van der Waals surface area (Å²) in [5.74, 6) is 0.706. The van der Waals surface area contributed by atoms with E-state index in [-0.39, 0.29) is 17.7 Å². The van der Waals surface area contributed by atoms with E-state index in [0.717, 1.165) is 17.3 Å². The maximum atomic E-state index is 11.9. The Morgan fingerprint density at radius 2 is 2.08 bits per heavy atom. The van der Waals surface area contributed by atoms with Crippen LogP contribution in [0.25, 0.3) is 6.08 Å². The minimum Gasteiger partial charge on any atom is -0.493 e. The Labute approximate surface area is 164 Å². The van der Waals surface area contributed by atoms with Crippen molar-refractivity contribution in [1.29, 1.82) is 5.41 Å². The Kier molecular flexibility index (Phi) is 5.76. The number of carbonyl (C=O) groups is 1. The van der Waals surface area contributed by atoms with Crippen LogP contribution in [0.4, 0.5) is 0 Å². The third-order valence-electron chi connectivity index (χ3n) is 3.57. The highest BCUT2D eigenvalue weighted by Gasteiger charge is 2.23. The Bertz CT molecular complexity index is 915. The van der Waals surface area contributed by atoms with Crippen LogP contribution in [-0.4, -0.2) is 18.2 Å². The molecule has 1 heterocycles. The smallest absolute Gasteiger partial charge is 0.264 e. The van der Waals surface area contributed by atoms with Gasteiger partial charge in [0.1, 0.15) is 6.61 Å². The van der Waals surface area contributed by atoms with E-state index in [1.54, 1.807) is 43.5 Å². The van der Waals surface area contributed by atoms with E-state index in [1.165, 1.54) is 0 Å². The zero-order chi connectivity index (χ0) is 18.7. The van der Waals surface area contributed by atoms with Crippen LogP contribution in [0.5, 0.6) is 11.5 Å². The predicted molar refractivity (Wildman–Crippen MR) is 105 cm³/mol. The SMILES string of the molecule is COc1cccc(/C=C2\SC(=N)NC2=O)c1OCc1ccc(Cl)cc1Cl. The van der Waals surface area contributed by atoms with Crippen LogP contribution in [0.2, 0.25) is 10.0 Å². The molecule has 1 aliphatic rings. The molecule has 0 atom stereocenters. The summed E-state index contributed by atoms with van der Waals surface area (Å²) in [4.78, 5) is 12.3. The second-order valence-electron chi connectivity index (χ2n) is 5.30. The minimum atomic E-state index is -0.311. The van der Waals surface area contributed by atoms with Crippen molar-refractivity contribution in [2.75, 3.05) is 7.11 Å². The lowest BCUT2D eigenvalue weighted by atomic mass is 10.1. The molecule has 3 rings (SSSR count). The number of rotatable bonds is 5. The molecule has 2 N–H and O–H groups in total. The second-order valence-corrected chi connectivity index (χ2v) is 7.19. The predicted octanol–water partition coefficient (Wildman–Crippen LogP) is 4.72. The molecule has 1 aliphatic heterocycles. The van der Waals surface area contributed by atoms with Crippen LogP contribution >= 0.6 is 35.0 Å². The first-order valence-electron chi connectivity index (χ1n) is 7.51. The Morgan fingerprint density at radius 3 is 2.73 bits per heavy atom. The summed E-state index contributed by atoms with van der Waals surface area (Å²) in [5.41, 5.74) is 1.44. The monoisotopic (exact) mass is 408 g/mol. The van der Waals surface area contributed by atoms with Gasteiger partial charge in [-0.3, -0.25) is 10.2 Å². The first-order chi connectivity index (χ1) is 12.5. The third-order valence-corrected chi connectivity index (χ3v) is 4.98. The van der Waals surface area contributed by atoms with Gasteiger partial charge in [0.2, 0.25) is 0 Å². The molecular formula is C18H14Cl2N2O3S. The number of benzene rings is 2. The van der Waals surface area contributed by atoms with Gasteiger partial charge in [0.25, 0.3) is 5.91 Å². The van der Waals surface area contributed by atoms with Crippen LogP contribution < -0.4 is 14.8 Å². The van der Waals surface area contributed by atoms with Gasteiger partial charge in [-0.2, -0.15) is 0 Å². The fourth-order valence-corrected chi connectivity index (χ4v) is 3.49. The first kappa shape index (κ1) is 18.6. The summed E-state index contributed by atoms with van der Waals surface area (Å²) < 4.78 is 11.3. The number of carbonyl (C=O) groups excluding carboxylic acids is 1. The van der Waals surface area contributed by atoms with Gasteiger partial charge in [-0.05, 0) is 36.0 Å². The van der Waals surface area contributed by atoms with Crippen LogP contribution in [0.3, 0.4) is 0 Å². The Hall–Kier alpha value is -2.15. The number of amidine groups is 1. The van der Waals surface area contributed by atoms with Gasteiger partial charge < -0.3 is 14.8 Å². The lowest BCUT2D eigenvalue weighted by Crippen LogP contribution is -2.18. The summed E-state index contributed by atoms with van der Waals surface area (Å²) in [6, 6.07) is 10.6. The topological polar surface area (TPSA) is 71.4 Å². The molecular weight excluding hydrogens is 395 g/mol. The minimum absolute atomic E-state index is 0.0968. The van der Waals surface area contributed by atoms with E-state index in [2.05, 4.69) is 5.32 Å². The maximum absolute atomic E-state index is 11.9. The summed E-state index contributed by atoms with van der Waals surface area (Å²) in [5, 5.41) is 11.1. The number of para-hydroxylation sites is 1. The highest BCUT2D eigenvalue weighted by molar-refractivity contribution is 8.18. The first-order valence-corrected chi connectivity index (χ1v) is 9.08. The fraction of sp³-hybridized carbons (Fsp3) is 0.111. The summed E-state index contributed by atoms with van der Waals surface area (Å²) in [6.45, 7) is 0.210. The molecule has 0 spiro atoms. The van der Waals surface area contributed by atoms with Gasteiger partial charge in [-0.15, -0.1) is 0 Å². The molecule has 26 heavy (non-hydrogen) atoms. The van der Waals surface area contributed by atoms with Gasteiger partial charge in [-0.1, -0.05) is 41.4 Å². The van der Waals surface area contributed by atoms with E-state index in [0.29, 0.717) is 32.0 Å². The average molecular weight is 409 g/mol. The van der Waals surface area contributed by atoms with Crippen molar-refractivity contribution in [1.82, 2.24) is 5.32 Å². The molecule has 1 fully saturated rings. The zero-order valence-electron chi connectivity index (χ0n) is 13.6. The van der Waals surface area contributed by atoms with E-state index < -0.39 is 0 Å². The molecule has 0 aliphatic carbocycles. The van der Waals surface area contributed by atoms with Crippen molar-refractivity contribution in [3.63, 3.8) is 0 Å². The van der Waals surface area contributed by atoms with Gasteiger partial charge in [-0.25, -0.2) is 0 Å². The average Bonchev–Trinajstić information content (AvgIpc) is 2.92. The molecule has 1 saturated heterocycles. The molecule has 0 aromatic heterocycles. The Morgan fingerprint density at radius 1 is 1.27 bits per heavy atom. The normalized spacial score (nSPS) is 15.3. The van der Waals surface area contributed by atoms with Crippen LogP contribution in [0.1, 0.15) is 11.1 Å². The number of thioether (sulfide) groups is 1. The van der Waals surface area contributed by atoms with Gasteiger partial charge in [0.15, 0.2) is 16.7 Å². The Balaban J connectivity index is 1.91. The fourth-order valence-electron chi connectivity index (χ4n) is 2.33. The highest BCUT2D eigenvalue weighted by Crippen LogP contribution is 2.36. The molecule has 5 nitrogen and oxygen atoms in total. The molecule has 0 bridgehead atoms. The summed E-state index contributed by atoms with van der Waals surface area (Å²) in [7, 11) is 1.54. The van der Waals surface area contributed by atoms with E-state index in [1.807, 2.05) is 6.07 Å². The number of hydrogen-bond acceptors (Lipinski definition) is 5. The number of nitrogens with one attached hydrogen (secondary N) is 2. The van der Waals surface area contributed by atoms with Crippen molar-refractivity contribution in [2.24, 2.45) is 0 Å². The molecule has 0 radical (unpaired) electrons. The number of halogens is 2. The third kappa shape index (κ3) is 4.15. The highest BCUT2D eigenvalue weighted by atomic mass is 35.5. The number of hydrogen-bond donors (Lipinski definition) is 2. The molecule has 2 aromatic rings. The number of methoxy groups -OCH3 is 1. The lowest BCUT2D eigenvalue weighted by Gasteiger charge is -2.14. The van der Waals surface area contributed by atoms with E-state index in [4.69, 9.17) is 38.1 Å². The number of ether oxygens (including phenoxy) is 2. The zero-order valence-corrected chi connectivity index (χ0v) is 16.0. The van der Waals surface area contributed by atoms with E-state index >= 15 is 0 Å². The van der Waals surface area contributed by atoms with Gasteiger partial charge >= 0.3 is 0 Å². The standard InChI is InChI=1S/C18H14Cl2N2O3S/c1-24-14-4-2-3-10(7-15-17(23)22-18(21)26-15)16(14)25-9-11-5-6-12(19)8-13(11)20/h2-8H,9H2,1H3,(H2,21,22,23)/b15-7-.